The molecule has 0 spiro atoms. The van der Waals surface area contributed by atoms with Crippen LogP contribution in [0.4, 0.5) is 0 Å². The number of imidazole rings is 1. The number of nitrogens with zero attached hydrogens (tertiary/aromatic N) is 2. The number of hydrogen-bond donors (Lipinski definition) is 0. The molecule has 38 heavy (non-hydrogen) atoms. The fourth-order valence-electron chi connectivity index (χ4n) is 5.27. The van der Waals surface area contributed by atoms with E-state index < -0.39 is 11.4 Å². The van der Waals surface area contributed by atoms with E-state index in [-0.39, 0.29) is 5.92 Å². The van der Waals surface area contributed by atoms with Crippen LogP contribution in [0, 0.1) is 6.92 Å². The van der Waals surface area contributed by atoms with E-state index in [9.17, 15) is 4.79 Å². The van der Waals surface area contributed by atoms with Crippen LogP contribution < -0.4 is 0 Å². The molecule has 0 unspecified atom stereocenters. The minimum Gasteiger partial charge on any atom is -0.468 e. The molecule has 0 saturated carbocycles. The van der Waals surface area contributed by atoms with Gasteiger partial charge in [0.1, 0.15) is 11.2 Å². The Kier molecular flexibility index (Phi) is 7.29. The van der Waals surface area contributed by atoms with E-state index in [1.807, 2.05) is 49.4 Å². The number of aromatic nitrogens is 2. The van der Waals surface area contributed by atoms with Crippen LogP contribution in [0.5, 0.6) is 0 Å². The molecule has 1 aromatic heterocycles. The van der Waals surface area contributed by atoms with Crippen molar-refractivity contribution in [1.82, 2.24) is 9.55 Å². The zero-order valence-electron chi connectivity index (χ0n) is 21.5. The summed E-state index contributed by atoms with van der Waals surface area (Å²) in [5.74, 6) is 0.789. The highest BCUT2D eigenvalue weighted by molar-refractivity contribution is 6.30. The van der Waals surface area contributed by atoms with Crippen LogP contribution in [0.25, 0.3) is 11.0 Å². The first-order valence-electron chi connectivity index (χ1n) is 12.5. The fourth-order valence-corrected chi connectivity index (χ4v) is 5.53. The summed E-state index contributed by atoms with van der Waals surface area (Å²) in [6.45, 7) is 4.98. The van der Waals surface area contributed by atoms with Gasteiger partial charge in [-0.1, -0.05) is 90.8 Å². The van der Waals surface area contributed by atoms with Gasteiger partial charge in [0.15, 0.2) is 0 Å². The summed E-state index contributed by atoms with van der Waals surface area (Å²) in [6.07, 6.45) is 0. The Morgan fingerprint density at radius 2 is 1.42 bits per heavy atom. The Morgan fingerprint density at radius 3 is 1.97 bits per heavy atom. The zero-order valence-corrected chi connectivity index (χ0v) is 23.0. The number of benzene rings is 4. The van der Waals surface area contributed by atoms with E-state index in [2.05, 4.69) is 41.8 Å². The molecule has 1 heterocycles. The highest BCUT2D eigenvalue weighted by Crippen LogP contribution is 2.42. The predicted octanol–water partition coefficient (Wildman–Crippen LogP) is 7.96. The van der Waals surface area contributed by atoms with E-state index >= 15 is 0 Å². The maximum Gasteiger partial charge on any atom is 0.325 e. The third kappa shape index (κ3) is 4.59. The summed E-state index contributed by atoms with van der Waals surface area (Å²) in [4.78, 5) is 18.7. The lowest BCUT2D eigenvalue weighted by Crippen LogP contribution is -2.39. The Balaban J connectivity index is 1.74. The number of halogens is 2. The van der Waals surface area contributed by atoms with Crippen LogP contribution in [0.15, 0.2) is 97.1 Å². The molecular formula is C32H28Cl2N2O2. The molecule has 0 amide bonds. The van der Waals surface area contributed by atoms with E-state index in [0.717, 1.165) is 40.1 Å². The van der Waals surface area contributed by atoms with Gasteiger partial charge in [0, 0.05) is 16.6 Å². The SMILES string of the molecule is COC(=O)C(c1ccc(Cl)cc1)(c1ccc(Cl)cc1)c1ccc2nc(C)n(C[C@@H](C)c3ccccc3)c2c1. The first-order valence-corrected chi connectivity index (χ1v) is 13.2. The highest BCUT2D eigenvalue weighted by atomic mass is 35.5. The van der Waals surface area contributed by atoms with Crippen molar-refractivity contribution in [2.75, 3.05) is 7.11 Å². The number of methoxy groups -OCH3 is 1. The molecule has 4 aromatic carbocycles. The molecule has 4 nitrogen and oxygen atoms in total. The van der Waals surface area contributed by atoms with Crippen LogP contribution in [0.3, 0.4) is 0 Å². The van der Waals surface area contributed by atoms with Crippen LogP contribution >= 0.6 is 23.2 Å². The Bertz CT molecular complexity index is 1530. The summed E-state index contributed by atoms with van der Waals surface area (Å²) in [7, 11) is 1.41. The number of aryl methyl sites for hydroxylation is 1. The number of carbonyl (C=O) groups is 1. The van der Waals surface area contributed by atoms with Crippen molar-refractivity contribution >= 4 is 40.2 Å². The van der Waals surface area contributed by atoms with Gasteiger partial charge in [-0.15, -0.1) is 0 Å². The standard InChI is InChI=1S/C32H28Cl2N2O2/c1-21(23-7-5-4-6-8-23)20-36-22(2)35-29-18-13-26(19-30(29)36)32(31(37)38-3,24-9-14-27(33)15-10-24)25-11-16-28(34)17-12-25/h4-19,21H,20H2,1-3H3/t21-/m1/s1. The van der Waals surface area contributed by atoms with Gasteiger partial charge in [0.05, 0.1) is 18.1 Å². The first-order chi connectivity index (χ1) is 18.3. The third-order valence-electron chi connectivity index (χ3n) is 7.24. The number of hydrogen-bond acceptors (Lipinski definition) is 3. The van der Waals surface area contributed by atoms with Gasteiger partial charge in [-0.2, -0.15) is 0 Å². The molecule has 0 radical (unpaired) electrons. The van der Waals surface area contributed by atoms with Crippen molar-refractivity contribution in [2.45, 2.75) is 31.7 Å². The minimum atomic E-state index is -1.24. The highest BCUT2D eigenvalue weighted by Gasteiger charge is 2.45. The van der Waals surface area contributed by atoms with E-state index in [4.69, 9.17) is 32.9 Å². The molecule has 1 atom stereocenters. The number of esters is 1. The molecule has 192 valence electrons. The van der Waals surface area contributed by atoms with E-state index in [1.54, 1.807) is 24.3 Å². The summed E-state index contributed by atoms with van der Waals surface area (Å²) in [5.41, 5.74) is 4.11. The summed E-state index contributed by atoms with van der Waals surface area (Å²) >= 11 is 12.5. The van der Waals surface area contributed by atoms with Crippen LogP contribution in [-0.2, 0) is 21.5 Å². The van der Waals surface area contributed by atoms with Crippen molar-refractivity contribution in [1.29, 1.82) is 0 Å². The van der Waals surface area contributed by atoms with Gasteiger partial charge in [-0.25, -0.2) is 4.98 Å². The fraction of sp³-hybridized carbons (Fsp3) is 0.188. The number of rotatable bonds is 7. The van der Waals surface area contributed by atoms with Gasteiger partial charge in [-0.3, -0.25) is 4.79 Å². The quantitative estimate of drug-likeness (QED) is 0.155. The lowest BCUT2D eigenvalue weighted by atomic mass is 9.69. The molecule has 0 aliphatic heterocycles. The van der Waals surface area contributed by atoms with E-state index in [1.165, 1.54) is 12.7 Å². The van der Waals surface area contributed by atoms with Gasteiger partial charge < -0.3 is 9.30 Å². The second-order valence-corrected chi connectivity index (χ2v) is 10.4. The van der Waals surface area contributed by atoms with Crippen LogP contribution in [-0.4, -0.2) is 22.6 Å². The monoisotopic (exact) mass is 542 g/mol. The number of ether oxygens (including phenoxy) is 1. The molecule has 0 aliphatic rings. The first kappa shape index (κ1) is 26.0. The maximum absolute atomic E-state index is 13.9. The maximum atomic E-state index is 13.9. The number of carbonyl (C=O) groups excluding carboxylic acids is 1. The van der Waals surface area contributed by atoms with Gasteiger partial charge >= 0.3 is 5.97 Å². The second-order valence-electron chi connectivity index (χ2n) is 9.54. The Hall–Kier alpha value is -3.60. The third-order valence-corrected chi connectivity index (χ3v) is 7.75. The largest absolute Gasteiger partial charge is 0.468 e. The normalized spacial score (nSPS) is 12.4. The molecule has 0 aliphatic carbocycles. The van der Waals surface area contributed by atoms with Crippen LogP contribution in [0.1, 0.15) is 40.9 Å². The molecule has 0 fully saturated rings. The van der Waals surface area contributed by atoms with Crippen molar-refractivity contribution in [3.8, 4) is 0 Å². The predicted molar refractivity (Wildman–Crippen MR) is 154 cm³/mol. The number of fused-ring (bicyclic) bond motifs is 1. The second kappa shape index (κ2) is 10.6. The lowest BCUT2D eigenvalue weighted by molar-refractivity contribution is -0.144. The molecule has 6 heteroatoms. The van der Waals surface area contributed by atoms with Crippen molar-refractivity contribution in [3.05, 3.63) is 135 Å². The molecule has 0 saturated heterocycles. The van der Waals surface area contributed by atoms with Crippen molar-refractivity contribution in [3.63, 3.8) is 0 Å². The summed E-state index contributed by atoms with van der Waals surface area (Å²) < 4.78 is 7.71. The molecular weight excluding hydrogens is 515 g/mol. The van der Waals surface area contributed by atoms with Crippen LogP contribution in [0.2, 0.25) is 10.0 Å². The molecule has 0 bridgehead atoms. The summed E-state index contributed by atoms with van der Waals surface area (Å²) in [6, 6.07) is 31.1. The molecule has 0 N–H and O–H groups in total. The Morgan fingerprint density at radius 1 is 0.868 bits per heavy atom. The minimum absolute atomic E-state index is 0.272. The van der Waals surface area contributed by atoms with Gasteiger partial charge in [0.25, 0.3) is 0 Å². The lowest BCUT2D eigenvalue weighted by Gasteiger charge is -2.33. The molecule has 5 rings (SSSR count). The average Bonchev–Trinajstić information content (AvgIpc) is 3.25. The van der Waals surface area contributed by atoms with Crippen molar-refractivity contribution in [2.24, 2.45) is 0 Å². The smallest absolute Gasteiger partial charge is 0.325 e. The van der Waals surface area contributed by atoms with Crippen molar-refractivity contribution < 1.29 is 9.53 Å². The van der Waals surface area contributed by atoms with E-state index in [0.29, 0.717) is 10.0 Å². The zero-order chi connectivity index (χ0) is 26.9. The summed E-state index contributed by atoms with van der Waals surface area (Å²) in [5, 5.41) is 1.17. The topological polar surface area (TPSA) is 44.1 Å². The van der Waals surface area contributed by atoms with Gasteiger partial charge in [0.2, 0.25) is 0 Å². The average molecular weight is 543 g/mol. The molecule has 5 aromatic rings. The Labute approximate surface area is 232 Å². The van der Waals surface area contributed by atoms with Gasteiger partial charge in [-0.05, 0) is 71.5 Å².